The summed E-state index contributed by atoms with van der Waals surface area (Å²) < 4.78 is 39.5. The summed E-state index contributed by atoms with van der Waals surface area (Å²) in [5, 5.41) is 11.7. The molecule has 0 aromatic carbocycles. The topological polar surface area (TPSA) is 58.6 Å². The smallest absolute Gasteiger partial charge is 0.411 e. The highest BCUT2D eigenvalue weighted by Crippen LogP contribution is 2.32. The van der Waals surface area contributed by atoms with Crippen LogP contribution in [0.4, 0.5) is 13.2 Å². The Morgan fingerprint density at radius 2 is 2.12 bits per heavy atom. The third-order valence-electron chi connectivity index (χ3n) is 2.45. The number of alkyl halides is 3. The van der Waals surface area contributed by atoms with E-state index in [0.29, 0.717) is 13.0 Å². The lowest BCUT2D eigenvalue weighted by atomic mass is 10.2. The summed E-state index contributed by atoms with van der Waals surface area (Å²) in [7, 11) is 0. The van der Waals surface area contributed by atoms with Crippen LogP contribution in [0, 0.1) is 5.92 Å². The van der Waals surface area contributed by atoms with Crippen LogP contribution in [0.2, 0.25) is 0 Å². The molecule has 2 N–H and O–H groups in total. The molecule has 0 heterocycles. The van der Waals surface area contributed by atoms with E-state index >= 15 is 0 Å². The fourth-order valence-electron chi connectivity index (χ4n) is 1.50. The Morgan fingerprint density at radius 1 is 1.47 bits per heavy atom. The molecule has 0 aromatic heterocycles. The highest BCUT2D eigenvalue weighted by atomic mass is 19.4. The zero-order valence-corrected chi connectivity index (χ0v) is 9.29. The number of carboxylic acid groups (broad SMARTS) is 1. The molecular weight excluding hydrogens is 239 g/mol. The van der Waals surface area contributed by atoms with Gasteiger partial charge in [-0.2, -0.15) is 13.2 Å². The molecule has 0 spiro atoms. The van der Waals surface area contributed by atoms with Crippen LogP contribution in [-0.2, 0) is 9.53 Å². The summed E-state index contributed by atoms with van der Waals surface area (Å²) in [4.78, 5) is 10.8. The van der Waals surface area contributed by atoms with Crippen molar-refractivity contribution in [3.8, 4) is 0 Å². The van der Waals surface area contributed by atoms with Crippen molar-refractivity contribution >= 4 is 5.97 Å². The summed E-state index contributed by atoms with van der Waals surface area (Å²) in [6.07, 6.45) is -2.14. The van der Waals surface area contributed by atoms with Crippen molar-refractivity contribution < 1.29 is 27.8 Å². The number of hydrogen-bond acceptors (Lipinski definition) is 3. The van der Waals surface area contributed by atoms with Gasteiger partial charge in [-0.25, -0.2) is 0 Å². The number of hydrogen-bond donors (Lipinski definition) is 2. The zero-order valence-electron chi connectivity index (χ0n) is 9.29. The minimum Gasteiger partial charge on any atom is -0.480 e. The molecule has 0 radical (unpaired) electrons. The summed E-state index contributed by atoms with van der Waals surface area (Å²) in [5.41, 5.74) is 0. The second-order valence-electron chi connectivity index (χ2n) is 4.13. The van der Waals surface area contributed by atoms with Gasteiger partial charge in [-0.1, -0.05) is 0 Å². The number of halogens is 3. The van der Waals surface area contributed by atoms with Crippen molar-refractivity contribution in [2.45, 2.75) is 31.5 Å². The van der Waals surface area contributed by atoms with Crippen LogP contribution in [0.25, 0.3) is 0 Å². The summed E-state index contributed by atoms with van der Waals surface area (Å²) in [6.45, 7) is -0.924. The summed E-state index contributed by atoms with van der Waals surface area (Å²) >= 11 is 0. The Hall–Kier alpha value is -0.820. The molecule has 1 rings (SSSR count). The van der Waals surface area contributed by atoms with Gasteiger partial charge in [0, 0.05) is 6.61 Å². The van der Waals surface area contributed by atoms with Crippen molar-refractivity contribution in [1.82, 2.24) is 5.32 Å². The van der Waals surface area contributed by atoms with Gasteiger partial charge in [0.2, 0.25) is 0 Å². The second-order valence-corrected chi connectivity index (χ2v) is 4.13. The van der Waals surface area contributed by atoms with Gasteiger partial charge in [0.1, 0.15) is 12.6 Å². The molecule has 17 heavy (non-hydrogen) atoms. The number of carbonyl (C=O) groups is 1. The van der Waals surface area contributed by atoms with Crippen LogP contribution < -0.4 is 5.32 Å². The Morgan fingerprint density at radius 3 is 2.59 bits per heavy atom. The van der Waals surface area contributed by atoms with Crippen molar-refractivity contribution in [1.29, 1.82) is 0 Å². The second kappa shape index (κ2) is 6.20. The lowest BCUT2D eigenvalue weighted by molar-refractivity contribution is -0.173. The van der Waals surface area contributed by atoms with Gasteiger partial charge in [0.25, 0.3) is 0 Å². The van der Waals surface area contributed by atoms with Crippen molar-refractivity contribution in [2.75, 3.05) is 19.8 Å². The minimum atomic E-state index is -4.30. The summed E-state index contributed by atoms with van der Waals surface area (Å²) in [5.74, 6) is -0.729. The predicted molar refractivity (Wildman–Crippen MR) is 53.6 cm³/mol. The zero-order chi connectivity index (χ0) is 12.9. The molecule has 1 unspecified atom stereocenters. The van der Waals surface area contributed by atoms with Crippen LogP contribution in [0.3, 0.4) is 0 Å². The van der Waals surface area contributed by atoms with E-state index in [1.54, 1.807) is 0 Å². The van der Waals surface area contributed by atoms with Crippen LogP contribution in [0.5, 0.6) is 0 Å². The SMILES string of the molecule is O=C(O)C(NCCCOCC(F)(F)F)C1CC1. The molecular formula is C10H16F3NO3. The van der Waals surface area contributed by atoms with Gasteiger partial charge < -0.3 is 15.2 Å². The number of nitrogens with one attached hydrogen (secondary N) is 1. The van der Waals surface area contributed by atoms with Crippen molar-refractivity contribution in [3.63, 3.8) is 0 Å². The van der Waals surface area contributed by atoms with Gasteiger partial charge >= 0.3 is 12.1 Å². The highest BCUT2D eigenvalue weighted by molar-refractivity contribution is 5.74. The molecule has 1 atom stereocenters. The first kappa shape index (κ1) is 14.2. The quantitative estimate of drug-likeness (QED) is 0.644. The molecule has 0 bridgehead atoms. The fourth-order valence-corrected chi connectivity index (χ4v) is 1.50. The van der Waals surface area contributed by atoms with Gasteiger partial charge in [0.05, 0.1) is 0 Å². The van der Waals surface area contributed by atoms with E-state index in [0.717, 1.165) is 12.8 Å². The molecule has 0 aliphatic heterocycles. The molecule has 0 saturated heterocycles. The first-order chi connectivity index (χ1) is 7.90. The molecule has 1 aliphatic carbocycles. The van der Waals surface area contributed by atoms with Crippen LogP contribution in [-0.4, -0.2) is 43.1 Å². The standard InChI is InChI=1S/C10H16F3NO3/c11-10(12,13)6-17-5-1-4-14-8(9(15)16)7-2-3-7/h7-8,14H,1-6H2,(H,15,16). The van der Waals surface area contributed by atoms with Crippen LogP contribution in [0.1, 0.15) is 19.3 Å². The maximum Gasteiger partial charge on any atom is 0.411 e. The molecule has 1 aliphatic rings. The van der Waals surface area contributed by atoms with Gasteiger partial charge in [-0.05, 0) is 31.7 Å². The van der Waals surface area contributed by atoms with E-state index in [-0.39, 0.29) is 12.5 Å². The molecule has 4 nitrogen and oxygen atoms in total. The van der Waals surface area contributed by atoms with E-state index in [1.807, 2.05) is 0 Å². The summed E-state index contributed by atoms with van der Waals surface area (Å²) in [6, 6.07) is -0.572. The fraction of sp³-hybridized carbons (Fsp3) is 0.900. The molecule has 0 aromatic rings. The molecule has 1 saturated carbocycles. The predicted octanol–water partition coefficient (Wildman–Crippen LogP) is 1.41. The van der Waals surface area contributed by atoms with Crippen molar-refractivity contribution in [2.24, 2.45) is 5.92 Å². The Labute approximate surface area is 97.1 Å². The van der Waals surface area contributed by atoms with Crippen LogP contribution in [0.15, 0.2) is 0 Å². The van der Waals surface area contributed by atoms with Gasteiger partial charge in [0.15, 0.2) is 0 Å². The Balaban J connectivity index is 2.01. The number of aliphatic carboxylic acids is 1. The lowest BCUT2D eigenvalue weighted by Crippen LogP contribution is -2.39. The largest absolute Gasteiger partial charge is 0.480 e. The maximum absolute atomic E-state index is 11.7. The first-order valence-corrected chi connectivity index (χ1v) is 5.51. The monoisotopic (exact) mass is 255 g/mol. The molecule has 0 amide bonds. The van der Waals surface area contributed by atoms with E-state index in [4.69, 9.17) is 5.11 Å². The van der Waals surface area contributed by atoms with E-state index < -0.39 is 24.8 Å². The molecule has 1 fully saturated rings. The Bertz CT molecular complexity index is 254. The molecule has 7 heteroatoms. The average molecular weight is 255 g/mol. The Kier molecular flexibility index (Phi) is 5.20. The lowest BCUT2D eigenvalue weighted by Gasteiger charge is -2.13. The van der Waals surface area contributed by atoms with E-state index in [1.165, 1.54) is 0 Å². The van der Waals surface area contributed by atoms with Gasteiger partial charge in [-0.15, -0.1) is 0 Å². The first-order valence-electron chi connectivity index (χ1n) is 5.51. The van der Waals surface area contributed by atoms with E-state index in [2.05, 4.69) is 10.1 Å². The van der Waals surface area contributed by atoms with E-state index in [9.17, 15) is 18.0 Å². The average Bonchev–Trinajstić information content (AvgIpc) is 2.98. The van der Waals surface area contributed by atoms with Crippen molar-refractivity contribution in [3.05, 3.63) is 0 Å². The number of ether oxygens (including phenoxy) is 1. The number of carboxylic acids is 1. The number of rotatable bonds is 8. The maximum atomic E-state index is 11.7. The highest BCUT2D eigenvalue weighted by Gasteiger charge is 2.35. The minimum absolute atomic E-state index is 0.0243. The molecule has 100 valence electrons. The normalized spacial score (nSPS) is 18.1. The third-order valence-corrected chi connectivity index (χ3v) is 2.45. The van der Waals surface area contributed by atoms with Crippen LogP contribution >= 0.6 is 0 Å². The van der Waals surface area contributed by atoms with Gasteiger partial charge in [-0.3, -0.25) is 4.79 Å². The third kappa shape index (κ3) is 6.48.